The lowest BCUT2D eigenvalue weighted by molar-refractivity contribution is -0.150. The number of benzene rings is 2. The van der Waals surface area contributed by atoms with E-state index in [-0.39, 0.29) is 6.04 Å². The van der Waals surface area contributed by atoms with Gasteiger partial charge >= 0.3 is 6.18 Å². The number of rotatable bonds is 2. The van der Waals surface area contributed by atoms with Gasteiger partial charge in [0.1, 0.15) is 0 Å². The van der Waals surface area contributed by atoms with Crippen LogP contribution >= 0.6 is 15.9 Å². The summed E-state index contributed by atoms with van der Waals surface area (Å²) in [4.78, 5) is 1.53. The first-order valence-corrected chi connectivity index (χ1v) is 9.28. The molecule has 3 rings (SSSR count). The van der Waals surface area contributed by atoms with Gasteiger partial charge in [-0.3, -0.25) is 4.90 Å². The smallest absolute Gasteiger partial charge is 0.283 e. The lowest BCUT2D eigenvalue weighted by Gasteiger charge is -2.38. The molecule has 0 amide bonds. The van der Waals surface area contributed by atoms with Crippen molar-refractivity contribution in [2.45, 2.75) is 39.4 Å². The highest BCUT2D eigenvalue weighted by atomic mass is 79.9. The van der Waals surface area contributed by atoms with E-state index in [2.05, 4.69) is 15.9 Å². The van der Waals surface area contributed by atoms with Gasteiger partial charge in [0, 0.05) is 11.0 Å². The summed E-state index contributed by atoms with van der Waals surface area (Å²) in [6.45, 7) is 5.49. The van der Waals surface area contributed by atoms with Crippen molar-refractivity contribution in [1.82, 2.24) is 4.90 Å². The molecule has 0 spiro atoms. The quantitative estimate of drug-likeness (QED) is 0.558. The fourth-order valence-electron chi connectivity index (χ4n) is 3.19. The predicted octanol–water partition coefficient (Wildman–Crippen LogP) is 6.29. The van der Waals surface area contributed by atoms with E-state index in [0.29, 0.717) is 13.0 Å². The zero-order chi connectivity index (χ0) is 18.6. The summed E-state index contributed by atoms with van der Waals surface area (Å²) in [5, 5.41) is 0. The maximum absolute atomic E-state index is 13.0. The second kappa shape index (κ2) is 8.37. The number of aryl methyl sites for hydroxylation is 1. The zero-order valence-electron chi connectivity index (χ0n) is 14.7. The first-order valence-electron chi connectivity index (χ1n) is 8.49. The first kappa shape index (κ1) is 20.0. The van der Waals surface area contributed by atoms with Gasteiger partial charge in [0.25, 0.3) is 0 Å². The third-order valence-electron chi connectivity index (χ3n) is 4.21. The summed E-state index contributed by atoms with van der Waals surface area (Å²) in [5.74, 6) is 0. The molecular weight excluding hydrogens is 391 g/mol. The van der Waals surface area contributed by atoms with Crippen LogP contribution in [0, 0.1) is 6.92 Å². The molecule has 5 heteroatoms. The lowest BCUT2D eigenvalue weighted by atomic mass is 9.88. The number of halogens is 4. The molecule has 1 aliphatic rings. The molecular formula is C20H23BrF3N. The first-order chi connectivity index (χ1) is 11.8. The van der Waals surface area contributed by atoms with Crippen LogP contribution in [0.5, 0.6) is 0 Å². The monoisotopic (exact) mass is 413 g/mol. The van der Waals surface area contributed by atoms with E-state index in [1.54, 1.807) is 0 Å². The molecule has 25 heavy (non-hydrogen) atoms. The maximum Gasteiger partial charge on any atom is 0.401 e. The molecule has 1 nitrogen and oxygen atoms in total. The van der Waals surface area contributed by atoms with E-state index in [1.807, 2.05) is 63.2 Å². The average Bonchev–Trinajstić information content (AvgIpc) is 2.56. The lowest BCUT2D eigenvalue weighted by Crippen LogP contribution is -2.41. The molecule has 0 saturated carbocycles. The molecule has 0 aromatic heterocycles. The average molecular weight is 414 g/mol. The molecule has 0 fully saturated rings. The Morgan fingerprint density at radius 1 is 1.08 bits per heavy atom. The largest absolute Gasteiger partial charge is 0.401 e. The van der Waals surface area contributed by atoms with Gasteiger partial charge in [-0.25, -0.2) is 0 Å². The molecule has 0 N–H and O–H groups in total. The van der Waals surface area contributed by atoms with Crippen LogP contribution in [0.4, 0.5) is 13.2 Å². The number of fused-ring (bicyclic) bond motifs is 1. The molecule has 0 aliphatic carbocycles. The summed E-state index contributed by atoms with van der Waals surface area (Å²) < 4.78 is 39.9. The van der Waals surface area contributed by atoms with Gasteiger partial charge in [-0.2, -0.15) is 13.2 Å². The summed E-state index contributed by atoms with van der Waals surface area (Å²) in [6, 6.07) is 13.3. The third-order valence-corrected chi connectivity index (χ3v) is 4.70. The van der Waals surface area contributed by atoms with E-state index < -0.39 is 12.7 Å². The fourth-order valence-corrected chi connectivity index (χ4v) is 3.60. The normalized spacial score (nSPS) is 17.5. The summed E-state index contributed by atoms with van der Waals surface area (Å²) >= 11 is 3.45. The van der Waals surface area contributed by atoms with Crippen LogP contribution in [0.25, 0.3) is 0 Å². The molecule has 1 heterocycles. The number of alkyl halides is 3. The standard InChI is InChI=1S/C18H17BrF3N.C2H6/c1-12-2-4-13(5-3-12)17-16-7-6-15(19)10-14(16)8-9-23(17)11-18(20,21)22;1-2/h2-7,10,17H,8-9,11H2,1H3;1-2H3. The number of hydrogen-bond donors (Lipinski definition) is 0. The Bertz CT molecular complexity index is 695. The molecule has 1 aliphatic heterocycles. The Morgan fingerprint density at radius 2 is 1.72 bits per heavy atom. The van der Waals surface area contributed by atoms with Gasteiger partial charge in [0.05, 0.1) is 12.6 Å². The molecule has 0 bridgehead atoms. The molecule has 2 aromatic rings. The fraction of sp³-hybridized carbons (Fsp3) is 0.400. The highest BCUT2D eigenvalue weighted by Crippen LogP contribution is 2.37. The highest BCUT2D eigenvalue weighted by molar-refractivity contribution is 9.10. The van der Waals surface area contributed by atoms with Crippen LogP contribution < -0.4 is 0 Å². The van der Waals surface area contributed by atoms with Crippen LogP contribution in [-0.4, -0.2) is 24.2 Å². The van der Waals surface area contributed by atoms with Crippen LogP contribution in [-0.2, 0) is 6.42 Å². The van der Waals surface area contributed by atoms with Crippen LogP contribution in [0.2, 0.25) is 0 Å². The van der Waals surface area contributed by atoms with E-state index in [4.69, 9.17) is 0 Å². The Kier molecular flexibility index (Phi) is 6.69. The molecule has 1 unspecified atom stereocenters. The Labute approximate surface area is 156 Å². The van der Waals surface area contributed by atoms with Gasteiger partial charge in [0.2, 0.25) is 0 Å². The molecule has 0 saturated heterocycles. The van der Waals surface area contributed by atoms with Gasteiger partial charge in [0.15, 0.2) is 0 Å². The maximum atomic E-state index is 13.0. The van der Waals surface area contributed by atoms with E-state index in [0.717, 1.165) is 26.7 Å². The minimum atomic E-state index is -4.20. The van der Waals surface area contributed by atoms with Crippen molar-refractivity contribution in [3.8, 4) is 0 Å². The van der Waals surface area contributed by atoms with Gasteiger partial charge in [-0.1, -0.05) is 65.7 Å². The van der Waals surface area contributed by atoms with Crippen LogP contribution in [0.15, 0.2) is 46.9 Å². The van der Waals surface area contributed by atoms with Gasteiger partial charge in [-0.05, 0) is 42.2 Å². The third kappa shape index (κ3) is 5.08. The van der Waals surface area contributed by atoms with Crippen molar-refractivity contribution in [3.63, 3.8) is 0 Å². The van der Waals surface area contributed by atoms with E-state index in [9.17, 15) is 13.2 Å². The minimum Gasteiger partial charge on any atom is -0.283 e. The van der Waals surface area contributed by atoms with Gasteiger partial charge in [-0.15, -0.1) is 0 Å². The Morgan fingerprint density at radius 3 is 2.32 bits per heavy atom. The summed E-state index contributed by atoms with van der Waals surface area (Å²) in [5.41, 5.74) is 4.09. The van der Waals surface area contributed by atoms with Gasteiger partial charge < -0.3 is 0 Å². The topological polar surface area (TPSA) is 3.24 Å². The van der Waals surface area contributed by atoms with Crippen LogP contribution in [0.1, 0.15) is 42.1 Å². The number of hydrogen-bond acceptors (Lipinski definition) is 1. The predicted molar refractivity (Wildman–Crippen MR) is 99.8 cm³/mol. The van der Waals surface area contributed by atoms with Crippen molar-refractivity contribution >= 4 is 15.9 Å². The molecule has 2 aromatic carbocycles. The van der Waals surface area contributed by atoms with Crippen molar-refractivity contribution < 1.29 is 13.2 Å². The van der Waals surface area contributed by atoms with Crippen LogP contribution in [0.3, 0.4) is 0 Å². The molecule has 136 valence electrons. The SMILES string of the molecule is CC.Cc1ccc(C2c3ccc(Br)cc3CCN2CC(F)(F)F)cc1. The van der Waals surface area contributed by atoms with Crippen molar-refractivity contribution in [1.29, 1.82) is 0 Å². The zero-order valence-corrected chi connectivity index (χ0v) is 16.3. The molecule has 0 radical (unpaired) electrons. The van der Waals surface area contributed by atoms with Crippen molar-refractivity contribution in [2.24, 2.45) is 0 Å². The van der Waals surface area contributed by atoms with Crippen molar-refractivity contribution in [2.75, 3.05) is 13.1 Å². The van der Waals surface area contributed by atoms with E-state index in [1.165, 1.54) is 4.90 Å². The second-order valence-electron chi connectivity index (χ2n) is 5.99. The number of nitrogens with zero attached hydrogens (tertiary/aromatic N) is 1. The highest BCUT2D eigenvalue weighted by Gasteiger charge is 2.37. The van der Waals surface area contributed by atoms with Crippen molar-refractivity contribution in [3.05, 3.63) is 69.2 Å². The second-order valence-corrected chi connectivity index (χ2v) is 6.91. The Balaban J connectivity index is 0.00000109. The minimum absolute atomic E-state index is 0.353. The molecule has 1 atom stereocenters. The Hall–Kier alpha value is -1.33. The summed E-state index contributed by atoms with van der Waals surface area (Å²) in [7, 11) is 0. The van der Waals surface area contributed by atoms with E-state index >= 15 is 0 Å². The summed E-state index contributed by atoms with van der Waals surface area (Å²) in [6.07, 6.45) is -3.57.